The third-order valence-electron chi connectivity index (χ3n) is 4.83. The average Bonchev–Trinajstić information content (AvgIpc) is 2.86. The molecule has 1 unspecified atom stereocenters. The molecule has 1 amide bonds. The number of ketones is 1. The molecule has 27 heavy (non-hydrogen) atoms. The predicted molar refractivity (Wildman–Crippen MR) is 106 cm³/mol. The van der Waals surface area contributed by atoms with Crippen LogP contribution >= 0.6 is 0 Å². The number of rotatable bonds is 4. The number of fused-ring (bicyclic) bond motifs is 1. The molecule has 1 N–H and O–H groups in total. The second-order valence-electron chi connectivity index (χ2n) is 6.55. The topological polar surface area (TPSA) is 49.4 Å². The van der Waals surface area contributed by atoms with Gasteiger partial charge in [-0.1, -0.05) is 78.9 Å². The number of benzene rings is 3. The van der Waals surface area contributed by atoms with Crippen molar-refractivity contribution in [1.29, 1.82) is 0 Å². The second-order valence-corrected chi connectivity index (χ2v) is 6.55. The molecule has 4 rings (SSSR count). The summed E-state index contributed by atoms with van der Waals surface area (Å²) in [5.41, 5.74) is 3.48. The molecule has 0 spiro atoms. The number of Topliss-reactive ketones (excluding diaryl/α,β-unsaturated/α-hetero) is 1. The fourth-order valence-electron chi connectivity index (χ4n) is 3.48. The van der Waals surface area contributed by atoms with E-state index in [0.29, 0.717) is 5.56 Å². The number of carbonyl (C=O) groups excluding carboxylic acids is 2. The van der Waals surface area contributed by atoms with Gasteiger partial charge >= 0.3 is 0 Å². The van der Waals surface area contributed by atoms with E-state index in [1.165, 1.54) is 0 Å². The molecule has 3 aromatic carbocycles. The van der Waals surface area contributed by atoms with Gasteiger partial charge in [-0.15, -0.1) is 0 Å². The quantitative estimate of drug-likeness (QED) is 0.727. The highest BCUT2D eigenvalue weighted by atomic mass is 16.2. The Morgan fingerprint density at radius 2 is 1.52 bits per heavy atom. The molecule has 0 aliphatic carbocycles. The SMILES string of the molecule is O=C(CN1C(=O)CNC(c2ccccc2)c2ccccc21)c1ccccc1. The highest BCUT2D eigenvalue weighted by molar-refractivity contribution is 6.06. The van der Waals surface area contributed by atoms with E-state index in [4.69, 9.17) is 0 Å². The van der Waals surface area contributed by atoms with Crippen LogP contribution in [0.15, 0.2) is 84.9 Å². The van der Waals surface area contributed by atoms with Crippen molar-refractivity contribution in [2.75, 3.05) is 18.0 Å². The summed E-state index contributed by atoms with van der Waals surface area (Å²) in [5.74, 6) is -0.179. The lowest BCUT2D eigenvalue weighted by Gasteiger charge is -2.23. The Labute approximate surface area is 158 Å². The maximum Gasteiger partial charge on any atom is 0.241 e. The summed E-state index contributed by atoms with van der Waals surface area (Å²) in [6, 6.07) is 26.8. The minimum atomic E-state index is -0.106. The van der Waals surface area contributed by atoms with Gasteiger partial charge in [0.2, 0.25) is 5.91 Å². The lowest BCUT2D eigenvalue weighted by atomic mass is 9.97. The number of para-hydroxylation sites is 1. The van der Waals surface area contributed by atoms with Crippen LogP contribution in [-0.2, 0) is 4.79 Å². The Kier molecular flexibility index (Phi) is 4.81. The first kappa shape index (κ1) is 17.2. The summed E-state index contributed by atoms with van der Waals surface area (Å²) in [5, 5.41) is 3.34. The zero-order valence-corrected chi connectivity index (χ0v) is 14.8. The van der Waals surface area contributed by atoms with Crippen molar-refractivity contribution in [3.05, 3.63) is 102 Å². The molecule has 0 saturated carbocycles. The summed E-state index contributed by atoms with van der Waals surface area (Å²) >= 11 is 0. The molecule has 1 atom stereocenters. The number of hydrogen-bond donors (Lipinski definition) is 1. The maximum absolute atomic E-state index is 12.8. The van der Waals surface area contributed by atoms with Crippen molar-refractivity contribution >= 4 is 17.4 Å². The van der Waals surface area contributed by atoms with Gasteiger partial charge in [-0.3, -0.25) is 14.9 Å². The lowest BCUT2D eigenvalue weighted by Crippen LogP contribution is -2.39. The van der Waals surface area contributed by atoms with Gasteiger partial charge < -0.3 is 4.90 Å². The van der Waals surface area contributed by atoms with Crippen LogP contribution in [0.3, 0.4) is 0 Å². The first-order valence-corrected chi connectivity index (χ1v) is 9.00. The molecule has 1 aliphatic rings. The third-order valence-corrected chi connectivity index (χ3v) is 4.83. The Balaban J connectivity index is 1.71. The van der Waals surface area contributed by atoms with Crippen molar-refractivity contribution in [2.24, 2.45) is 0 Å². The van der Waals surface area contributed by atoms with Crippen molar-refractivity contribution in [2.45, 2.75) is 6.04 Å². The molecule has 0 saturated heterocycles. The van der Waals surface area contributed by atoms with Crippen LogP contribution in [0.4, 0.5) is 5.69 Å². The van der Waals surface area contributed by atoms with Crippen LogP contribution in [0.5, 0.6) is 0 Å². The summed E-state index contributed by atoms with van der Waals surface area (Å²) in [4.78, 5) is 27.1. The van der Waals surface area contributed by atoms with E-state index in [0.717, 1.165) is 16.8 Å². The van der Waals surface area contributed by atoms with E-state index in [1.54, 1.807) is 17.0 Å². The first-order chi connectivity index (χ1) is 13.2. The Morgan fingerprint density at radius 3 is 2.26 bits per heavy atom. The second kappa shape index (κ2) is 7.56. The number of amides is 1. The number of hydrogen-bond acceptors (Lipinski definition) is 3. The van der Waals surface area contributed by atoms with E-state index >= 15 is 0 Å². The predicted octanol–water partition coefficient (Wildman–Crippen LogP) is 3.60. The van der Waals surface area contributed by atoms with Crippen LogP contribution in [-0.4, -0.2) is 24.8 Å². The minimum Gasteiger partial charge on any atom is -0.303 e. The first-order valence-electron chi connectivity index (χ1n) is 9.00. The molecule has 1 aliphatic heterocycles. The van der Waals surface area contributed by atoms with Gasteiger partial charge in [0.1, 0.15) is 0 Å². The largest absolute Gasteiger partial charge is 0.303 e. The summed E-state index contributed by atoms with van der Waals surface area (Å²) < 4.78 is 0. The average molecular weight is 356 g/mol. The van der Waals surface area contributed by atoms with Crippen LogP contribution in [0.1, 0.15) is 27.5 Å². The van der Waals surface area contributed by atoms with Crippen LogP contribution in [0, 0.1) is 0 Å². The smallest absolute Gasteiger partial charge is 0.241 e. The minimum absolute atomic E-state index is 0.0308. The highest BCUT2D eigenvalue weighted by Crippen LogP contribution is 2.33. The summed E-state index contributed by atoms with van der Waals surface area (Å²) in [6.45, 7) is 0.208. The Bertz CT molecular complexity index is 954. The molecule has 0 aromatic heterocycles. The Hall–Kier alpha value is -3.24. The number of nitrogens with one attached hydrogen (secondary N) is 1. The van der Waals surface area contributed by atoms with E-state index < -0.39 is 0 Å². The van der Waals surface area contributed by atoms with Crippen LogP contribution in [0.25, 0.3) is 0 Å². The fourth-order valence-corrected chi connectivity index (χ4v) is 3.48. The van der Waals surface area contributed by atoms with E-state index in [9.17, 15) is 9.59 Å². The molecule has 134 valence electrons. The van der Waals surface area contributed by atoms with Crippen molar-refractivity contribution in [3.63, 3.8) is 0 Å². The molecular formula is C23H20N2O2. The fraction of sp³-hybridized carbons (Fsp3) is 0.130. The standard InChI is InChI=1S/C23H20N2O2/c26-21(17-9-3-1-4-10-17)16-25-20-14-8-7-13-19(20)23(24-15-22(25)27)18-11-5-2-6-12-18/h1-14,23-24H,15-16H2. The van der Waals surface area contributed by atoms with Crippen molar-refractivity contribution < 1.29 is 9.59 Å². The van der Waals surface area contributed by atoms with Gasteiger partial charge in [0.15, 0.2) is 5.78 Å². The van der Waals surface area contributed by atoms with Crippen LogP contribution < -0.4 is 10.2 Å². The van der Waals surface area contributed by atoms with Crippen molar-refractivity contribution in [3.8, 4) is 0 Å². The maximum atomic E-state index is 12.8. The molecule has 0 bridgehead atoms. The van der Waals surface area contributed by atoms with Gasteiger partial charge in [0, 0.05) is 11.3 Å². The molecule has 0 fully saturated rings. The molecule has 3 aromatic rings. The highest BCUT2D eigenvalue weighted by Gasteiger charge is 2.29. The number of nitrogens with zero attached hydrogens (tertiary/aromatic N) is 1. The van der Waals surface area contributed by atoms with E-state index in [2.05, 4.69) is 5.32 Å². The van der Waals surface area contributed by atoms with Gasteiger partial charge in [-0.25, -0.2) is 0 Å². The van der Waals surface area contributed by atoms with Crippen molar-refractivity contribution in [1.82, 2.24) is 5.32 Å². The summed E-state index contributed by atoms with van der Waals surface area (Å²) in [6.07, 6.45) is 0. The van der Waals surface area contributed by atoms with E-state index in [-0.39, 0.29) is 30.8 Å². The molecule has 1 heterocycles. The molecule has 4 nitrogen and oxygen atoms in total. The van der Waals surface area contributed by atoms with Gasteiger partial charge in [-0.2, -0.15) is 0 Å². The molecule has 0 radical (unpaired) electrons. The van der Waals surface area contributed by atoms with E-state index in [1.807, 2.05) is 72.8 Å². The zero-order valence-electron chi connectivity index (χ0n) is 14.8. The number of anilines is 1. The van der Waals surface area contributed by atoms with Gasteiger partial charge in [0.05, 0.1) is 19.1 Å². The Morgan fingerprint density at radius 1 is 0.889 bits per heavy atom. The normalized spacial score (nSPS) is 16.5. The monoisotopic (exact) mass is 356 g/mol. The lowest BCUT2D eigenvalue weighted by molar-refractivity contribution is -0.117. The third kappa shape index (κ3) is 3.52. The zero-order chi connectivity index (χ0) is 18.6. The molecular weight excluding hydrogens is 336 g/mol. The van der Waals surface area contributed by atoms with Crippen LogP contribution in [0.2, 0.25) is 0 Å². The summed E-state index contributed by atoms with van der Waals surface area (Å²) in [7, 11) is 0. The number of carbonyl (C=O) groups is 2. The van der Waals surface area contributed by atoms with Gasteiger partial charge in [-0.05, 0) is 17.2 Å². The molecule has 4 heteroatoms. The van der Waals surface area contributed by atoms with Gasteiger partial charge in [0.25, 0.3) is 0 Å².